The van der Waals surface area contributed by atoms with Gasteiger partial charge in [-0.15, -0.1) is 0 Å². The highest BCUT2D eigenvalue weighted by molar-refractivity contribution is 5.76. The van der Waals surface area contributed by atoms with E-state index < -0.39 is 12.1 Å². The van der Waals surface area contributed by atoms with Crippen LogP contribution in [0.3, 0.4) is 0 Å². The van der Waals surface area contributed by atoms with Crippen LogP contribution in [0.5, 0.6) is 17.2 Å². The summed E-state index contributed by atoms with van der Waals surface area (Å²) < 4.78 is 14.7. The number of esters is 2. The number of aliphatic hydroxyl groups excluding tert-OH is 1. The van der Waals surface area contributed by atoms with Gasteiger partial charge in [-0.3, -0.25) is 4.79 Å². The van der Waals surface area contributed by atoms with Crippen LogP contribution in [0.25, 0.3) is 0 Å². The van der Waals surface area contributed by atoms with Crippen molar-refractivity contribution in [2.75, 3.05) is 7.11 Å². The van der Waals surface area contributed by atoms with Crippen LogP contribution >= 0.6 is 0 Å². The van der Waals surface area contributed by atoms with Crippen LogP contribution in [0.4, 0.5) is 0 Å². The van der Waals surface area contributed by atoms with Gasteiger partial charge in [-0.25, -0.2) is 4.79 Å². The second-order valence-corrected chi connectivity index (χ2v) is 5.96. The van der Waals surface area contributed by atoms with E-state index in [1.165, 1.54) is 25.3 Å². The number of hydrogen-bond acceptors (Lipinski definition) is 7. The Hall–Kier alpha value is -3.06. The zero-order chi connectivity index (χ0) is 21.1. The average molecular weight is 390 g/mol. The van der Waals surface area contributed by atoms with E-state index in [1.807, 2.05) is 6.07 Å². The highest BCUT2D eigenvalue weighted by Gasteiger charge is 2.19. The summed E-state index contributed by atoms with van der Waals surface area (Å²) >= 11 is 0. The molecule has 0 aliphatic carbocycles. The van der Waals surface area contributed by atoms with Crippen LogP contribution in [0.1, 0.15) is 38.9 Å². The van der Waals surface area contributed by atoms with Gasteiger partial charge in [0.25, 0.3) is 0 Å². The van der Waals surface area contributed by atoms with Crippen LogP contribution in [-0.2, 0) is 14.3 Å². The highest BCUT2D eigenvalue weighted by Crippen LogP contribution is 2.29. The van der Waals surface area contributed by atoms with Gasteiger partial charge in [0.05, 0.1) is 13.2 Å². The van der Waals surface area contributed by atoms with E-state index in [0.29, 0.717) is 17.7 Å². The molecular formula is C21H26O7. The molecule has 1 unspecified atom stereocenters. The molecule has 0 aliphatic heterocycles. The fourth-order valence-electron chi connectivity index (χ4n) is 1.99. The third-order valence-corrected chi connectivity index (χ3v) is 3.36. The lowest BCUT2D eigenvalue weighted by Gasteiger charge is -2.12. The first-order valence-electron chi connectivity index (χ1n) is 8.79. The van der Waals surface area contributed by atoms with Gasteiger partial charge in [-0.05, 0) is 31.5 Å². The fourth-order valence-corrected chi connectivity index (χ4v) is 1.99. The number of benzene rings is 2. The number of ether oxygens (including phenoxy) is 3. The minimum Gasteiger partial charge on any atom is -0.504 e. The first-order valence-corrected chi connectivity index (χ1v) is 8.79. The van der Waals surface area contributed by atoms with Crippen LogP contribution in [0, 0.1) is 0 Å². The summed E-state index contributed by atoms with van der Waals surface area (Å²) in [6.45, 7) is 5.20. The Morgan fingerprint density at radius 1 is 1.07 bits per heavy atom. The zero-order valence-electron chi connectivity index (χ0n) is 16.4. The number of aromatic hydroxyl groups is 1. The Bertz CT molecular complexity index is 757. The Balaban J connectivity index is 0.000000280. The topological polar surface area (TPSA) is 102 Å². The summed E-state index contributed by atoms with van der Waals surface area (Å²) in [6, 6.07) is 13.1. The summed E-state index contributed by atoms with van der Waals surface area (Å²) in [5.41, 5.74) is 0.554. The summed E-state index contributed by atoms with van der Waals surface area (Å²) in [6.07, 6.45) is -1.08. The van der Waals surface area contributed by atoms with E-state index >= 15 is 0 Å². The molecule has 2 N–H and O–H groups in total. The van der Waals surface area contributed by atoms with Crippen LogP contribution in [0.2, 0.25) is 0 Å². The van der Waals surface area contributed by atoms with Gasteiger partial charge in [-0.2, -0.15) is 0 Å². The minimum atomic E-state index is -1.18. The summed E-state index contributed by atoms with van der Waals surface area (Å²) in [4.78, 5) is 22.2. The van der Waals surface area contributed by atoms with Gasteiger partial charge < -0.3 is 24.4 Å². The SMILES string of the molecule is CC(C)OC(=O)C(O)c1ccccc1.CCC(=O)Oc1ccc(O)c(OC)c1. The molecule has 0 spiro atoms. The lowest BCUT2D eigenvalue weighted by Crippen LogP contribution is -2.19. The Kier molecular flexibility index (Phi) is 9.53. The number of hydrogen-bond donors (Lipinski definition) is 2. The van der Waals surface area contributed by atoms with Gasteiger partial charge in [0.1, 0.15) is 5.75 Å². The number of methoxy groups -OCH3 is 1. The molecule has 2 rings (SSSR count). The van der Waals surface area contributed by atoms with Crippen molar-refractivity contribution in [2.45, 2.75) is 39.4 Å². The smallest absolute Gasteiger partial charge is 0.339 e. The van der Waals surface area contributed by atoms with Crippen molar-refractivity contribution < 1.29 is 34.0 Å². The molecule has 28 heavy (non-hydrogen) atoms. The largest absolute Gasteiger partial charge is 0.504 e. The molecule has 0 amide bonds. The summed E-state index contributed by atoms with van der Waals surface area (Å²) in [7, 11) is 1.43. The molecule has 0 aliphatic rings. The molecule has 0 heterocycles. The summed E-state index contributed by atoms with van der Waals surface area (Å²) in [5, 5.41) is 18.8. The summed E-state index contributed by atoms with van der Waals surface area (Å²) in [5.74, 6) is -0.259. The first-order chi connectivity index (χ1) is 13.3. The van der Waals surface area contributed by atoms with Gasteiger partial charge in [0.2, 0.25) is 0 Å². The van der Waals surface area contributed by atoms with Crippen LogP contribution < -0.4 is 9.47 Å². The number of rotatable bonds is 6. The Morgan fingerprint density at radius 3 is 2.25 bits per heavy atom. The molecule has 0 saturated heterocycles. The monoisotopic (exact) mass is 390 g/mol. The number of aliphatic hydroxyl groups is 1. The van der Waals surface area contributed by atoms with E-state index in [1.54, 1.807) is 45.0 Å². The maximum Gasteiger partial charge on any atom is 0.339 e. The second-order valence-electron chi connectivity index (χ2n) is 5.96. The van der Waals surface area contributed by atoms with Crippen molar-refractivity contribution in [3.8, 4) is 17.2 Å². The lowest BCUT2D eigenvalue weighted by molar-refractivity contribution is -0.157. The fraction of sp³-hybridized carbons (Fsp3) is 0.333. The molecule has 0 aromatic heterocycles. The number of phenols is 1. The van der Waals surface area contributed by atoms with Gasteiger partial charge in [0.15, 0.2) is 17.6 Å². The Labute approximate surface area is 164 Å². The van der Waals surface area contributed by atoms with E-state index in [9.17, 15) is 19.8 Å². The molecule has 7 nitrogen and oxygen atoms in total. The van der Waals surface area contributed by atoms with Gasteiger partial charge in [-0.1, -0.05) is 37.3 Å². The normalized spacial score (nSPS) is 11.1. The van der Waals surface area contributed by atoms with Crippen molar-refractivity contribution >= 4 is 11.9 Å². The van der Waals surface area contributed by atoms with Crippen molar-refractivity contribution in [2.24, 2.45) is 0 Å². The van der Waals surface area contributed by atoms with Crippen molar-refractivity contribution in [3.05, 3.63) is 54.1 Å². The predicted molar refractivity (Wildman–Crippen MR) is 103 cm³/mol. The standard InChI is InChI=1S/C11H14O3.C10H12O4/c1-8(2)14-11(13)10(12)9-6-4-3-5-7-9;1-3-10(12)14-7-4-5-8(11)9(6-7)13-2/h3-8,10,12H,1-2H3;4-6,11H,3H2,1-2H3. The van der Waals surface area contributed by atoms with Crippen molar-refractivity contribution in [3.63, 3.8) is 0 Å². The third-order valence-electron chi connectivity index (χ3n) is 3.36. The van der Waals surface area contributed by atoms with Crippen molar-refractivity contribution in [1.82, 2.24) is 0 Å². The third kappa shape index (κ3) is 7.67. The van der Waals surface area contributed by atoms with E-state index in [-0.39, 0.29) is 23.6 Å². The Morgan fingerprint density at radius 2 is 1.71 bits per heavy atom. The molecule has 1 atom stereocenters. The van der Waals surface area contributed by atoms with E-state index in [2.05, 4.69) is 0 Å². The zero-order valence-corrected chi connectivity index (χ0v) is 16.4. The maximum atomic E-state index is 11.3. The molecular weight excluding hydrogens is 364 g/mol. The molecule has 0 fully saturated rings. The van der Waals surface area contributed by atoms with Crippen LogP contribution in [-0.4, -0.2) is 35.4 Å². The quantitative estimate of drug-likeness (QED) is 0.576. The van der Waals surface area contributed by atoms with Gasteiger partial charge >= 0.3 is 11.9 Å². The van der Waals surface area contributed by atoms with E-state index in [0.717, 1.165) is 0 Å². The first kappa shape index (κ1) is 23.0. The molecule has 2 aromatic carbocycles. The number of carbonyl (C=O) groups is 2. The highest BCUT2D eigenvalue weighted by atomic mass is 16.6. The predicted octanol–water partition coefficient (Wildman–Crippen LogP) is 3.39. The molecule has 0 bridgehead atoms. The van der Waals surface area contributed by atoms with Gasteiger partial charge in [0, 0.05) is 12.5 Å². The average Bonchev–Trinajstić information content (AvgIpc) is 2.69. The number of phenolic OH excluding ortho intramolecular Hbond substituents is 1. The molecule has 152 valence electrons. The lowest BCUT2D eigenvalue weighted by atomic mass is 10.1. The van der Waals surface area contributed by atoms with Crippen LogP contribution in [0.15, 0.2) is 48.5 Å². The minimum absolute atomic E-state index is 0.0174. The van der Waals surface area contributed by atoms with E-state index in [4.69, 9.17) is 14.2 Å². The van der Waals surface area contributed by atoms with Crippen molar-refractivity contribution in [1.29, 1.82) is 0 Å². The second kappa shape index (κ2) is 11.6. The molecule has 0 saturated carbocycles. The maximum absolute atomic E-state index is 11.3. The number of carbonyl (C=O) groups excluding carboxylic acids is 2. The molecule has 0 radical (unpaired) electrons. The molecule has 7 heteroatoms. The molecule has 2 aromatic rings.